The molecule has 19 heavy (non-hydrogen) atoms. The van der Waals surface area contributed by atoms with Crippen molar-refractivity contribution in [3.8, 4) is 0 Å². The molecule has 1 fully saturated rings. The van der Waals surface area contributed by atoms with E-state index in [9.17, 15) is 13.2 Å². The van der Waals surface area contributed by atoms with Crippen molar-refractivity contribution >= 4 is 16.2 Å². The van der Waals surface area contributed by atoms with Crippen LogP contribution in [0, 0.1) is 5.92 Å². The minimum atomic E-state index is -3.58. The Morgan fingerprint density at radius 3 is 2.42 bits per heavy atom. The summed E-state index contributed by atoms with van der Waals surface area (Å²) in [5.41, 5.74) is 0. The molecule has 1 aliphatic rings. The third-order valence-corrected chi connectivity index (χ3v) is 5.41. The summed E-state index contributed by atoms with van der Waals surface area (Å²) >= 11 is 0. The number of carbonyl (C=O) groups is 1. The van der Waals surface area contributed by atoms with Gasteiger partial charge in [0.2, 0.25) is 0 Å². The van der Waals surface area contributed by atoms with Crippen LogP contribution < -0.4 is 4.72 Å². The van der Waals surface area contributed by atoms with E-state index in [1.54, 1.807) is 14.0 Å². The van der Waals surface area contributed by atoms with E-state index in [0.717, 1.165) is 32.1 Å². The lowest BCUT2D eigenvalue weighted by Crippen LogP contribution is -2.46. The molecule has 1 rings (SSSR count). The second kappa shape index (κ2) is 7.21. The summed E-state index contributed by atoms with van der Waals surface area (Å²) in [7, 11) is -2.01. The lowest BCUT2D eigenvalue weighted by atomic mass is 9.96. The van der Waals surface area contributed by atoms with Crippen LogP contribution in [0.5, 0.6) is 0 Å². The Hall–Kier alpha value is -0.660. The summed E-state index contributed by atoms with van der Waals surface area (Å²) in [6.07, 6.45) is 5.44. The Morgan fingerprint density at radius 1 is 1.37 bits per heavy atom. The minimum absolute atomic E-state index is 0.0381. The summed E-state index contributed by atoms with van der Waals surface area (Å²) in [6, 6.07) is 0.0381. The zero-order valence-electron chi connectivity index (χ0n) is 11.6. The molecule has 7 heteroatoms. The van der Waals surface area contributed by atoms with E-state index in [1.165, 1.54) is 4.31 Å². The van der Waals surface area contributed by atoms with Crippen molar-refractivity contribution in [1.82, 2.24) is 9.03 Å². The first kappa shape index (κ1) is 16.4. The van der Waals surface area contributed by atoms with Crippen molar-refractivity contribution in [3.05, 3.63) is 0 Å². The minimum Gasteiger partial charge on any atom is -0.481 e. The van der Waals surface area contributed by atoms with Gasteiger partial charge in [-0.2, -0.15) is 12.7 Å². The van der Waals surface area contributed by atoms with E-state index in [0.29, 0.717) is 6.42 Å². The largest absolute Gasteiger partial charge is 0.481 e. The van der Waals surface area contributed by atoms with Gasteiger partial charge in [-0.25, -0.2) is 4.72 Å². The van der Waals surface area contributed by atoms with Crippen LogP contribution in [0.4, 0.5) is 0 Å². The fourth-order valence-electron chi connectivity index (χ4n) is 2.35. The lowest BCUT2D eigenvalue weighted by molar-refractivity contribution is -0.141. The van der Waals surface area contributed by atoms with Gasteiger partial charge >= 0.3 is 5.97 Å². The molecule has 1 atom stereocenters. The maximum Gasteiger partial charge on any atom is 0.307 e. The van der Waals surface area contributed by atoms with E-state index in [2.05, 4.69) is 4.72 Å². The van der Waals surface area contributed by atoms with E-state index in [-0.39, 0.29) is 12.6 Å². The molecule has 0 spiro atoms. The van der Waals surface area contributed by atoms with Gasteiger partial charge in [0.15, 0.2) is 0 Å². The molecule has 0 aromatic heterocycles. The Balaban J connectivity index is 2.56. The normalized spacial score (nSPS) is 19.5. The molecule has 0 aromatic carbocycles. The van der Waals surface area contributed by atoms with E-state index in [1.807, 2.05) is 0 Å². The molecule has 112 valence electrons. The molecule has 0 radical (unpaired) electrons. The molecule has 0 saturated heterocycles. The monoisotopic (exact) mass is 292 g/mol. The Labute approximate surface area is 115 Å². The molecule has 1 saturated carbocycles. The van der Waals surface area contributed by atoms with Crippen molar-refractivity contribution in [3.63, 3.8) is 0 Å². The molecule has 0 heterocycles. The van der Waals surface area contributed by atoms with Crippen molar-refractivity contribution in [2.75, 3.05) is 13.6 Å². The van der Waals surface area contributed by atoms with Crippen LogP contribution in [-0.4, -0.2) is 43.4 Å². The average molecular weight is 292 g/mol. The summed E-state index contributed by atoms with van der Waals surface area (Å²) < 4.78 is 28.0. The van der Waals surface area contributed by atoms with Crippen LogP contribution in [0.15, 0.2) is 0 Å². The van der Waals surface area contributed by atoms with Crippen LogP contribution in [0.25, 0.3) is 0 Å². The molecular weight excluding hydrogens is 268 g/mol. The van der Waals surface area contributed by atoms with Crippen LogP contribution in [0.3, 0.4) is 0 Å². The van der Waals surface area contributed by atoms with Gasteiger partial charge in [-0.3, -0.25) is 4.79 Å². The van der Waals surface area contributed by atoms with Gasteiger partial charge in [0.25, 0.3) is 10.2 Å². The fraction of sp³-hybridized carbons (Fsp3) is 0.917. The number of carboxylic acid groups (broad SMARTS) is 1. The molecular formula is C12H24N2O4S. The van der Waals surface area contributed by atoms with Gasteiger partial charge in [0.05, 0.1) is 5.92 Å². The molecule has 0 amide bonds. The van der Waals surface area contributed by atoms with Crippen LogP contribution in [0.2, 0.25) is 0 Å². The predicted molar refractivity (Wildman–Crippen MR) is 73.0 cm³/mol. The van der Waals surface area contributed by atoms with Gasteiger partial charge in [-0.05, 0) is 19.3 Å². The highest BCUT2D eigenvalue weighted by atomic mass is 32.2. The predicted octanol–water partition coefficient (Wildman–Crippen LogP) is 1.20. The van der Waals surface area contributed by atoms with Crippen LogP contribution in [-0.2, 0) is 15.0 Å². The van der Waals surface area contributed by atoms with Gasteiger partial charge in [-0.1, -0.05) is 26.2 Å². The number of nitrogens with zero attached hydrogens (tertiary/aromatic N) is 1. The SMILES string of the molecule is CCC(CNS(=O)(=O)N(C)C1CCCCC1)C(=O)O. The summed E-state index contributed by atoms with van der Waals surface area (Å²) in [4.78, 5) is 10.9. The number of hydrogen-bond acceptors (Lipinski definition) is 3. The number of hydrogen-bond donors (Lipinski definition) is 2. The molecule has 0 aliphatic heterocycles. The number of aliphatic carboxylic acids is 1. The second-order valence-electron chi connectivity index (χ2n) is 5.10. The lowest BCUT2D eigenvalue weighted by Gasteiger charge is -2.30. The summed E-state index contributed by atoms with van der Waals surface area (Å²) in [6.45, 7) is 1.68. The molecule has 1 aliphatic carbocycles. The van der Waals surface area contributed by atoms with E-state index >= 15 is 0 Å². The first-order chi connectivity index (χ1) is 8.88. The van der Waals surface area contributed by atoms with Crippen molar-refractivity contribution in [2.24, 2.45) is 5.92 Å². The Morgan fingerprint density at radius 2 is 1.95 bits per heavy atom. The first-order valence-electron chi connectivity index (χ1n) is 6.84. The average Bonchev–Trinajstić information content (AvgIpc) is 2.39. The fourth-order valence-corrected chi connectivity index (χ4v) is 3.57. The first-order valence-corrected chi connectivity index (χ1v) is 8.28. The van der Waals surface area contributed by atoms with E-state index < -0.39 is 22.1 Å². The van der Waals surface area contributed by atoms with Gasteiger partial charge in [-0.15, -0.1) is 0 Å². The standard InChI is InChI=1S/C12H24N2O4S/c1-3-10(12(15)16)9-13-19(17,18)14(2)11-7-5-4-6-8-11/h10-11,13H,3-9H2,1-2H3,(H,15,16). The highest BCUT2D eigenvalue weighted by molar-refractivity contribution is 7.87. The molecule has 0 bridgehead atoms. The van der Waals surface area contributed by atoms with E-state index in [4.69, 9.17) is 5.11 Å². The second-order valence-corrected chi connectivity index (χ2v) is 6.92. The number of rotatable bonds is 7. The number of nitrogens with one attached hydrogen (secondary N) is 1. The molecule has 2 N–H and O–H groups in total. The van der Waals surface area contributed by atoms with Crippen molar-refractivity contribution in [1.29, 1.82) is 0 Å². The molecule has 0 aromatic rings. The zero-order chi connectivity index (χ0) is 14.5. The Kier molecular flexibility index (Phi) is 6.22. The Bertz CT molecular complexity index is 391. The smallest absolute Gasteiger partial charge is 0.307 e. The highest BCUT2D eigenvalue weighted by Gasteiger charge is 2.28. The van der Waals surface area contributed by atoms with Gasteiger partial charge in [0.1, 0.15) is 0 Å². The van der Waals surface area contributed by atoms with Crippen molar-refractivity contribution < 1.29 is 18.3 Å². The molecule has 6 nitrogen and oxygen atoms in total. The maximum absolute atomic E-state index is 12.1. The quantitative estimate of drug-likeness (QED) is 0.738. The zero-order valence-corrected chi connectivity index (χ0v) is 12.4. The highest BCUT2D eigenvalue weighted by Crippen LogP contribution is 2.23. The maximum atomic E-state index is 12.1. The number of carboxylic acids is 1. The summed E-state index contributed by atoms with van der Waals surface area (Å²) in [5.74, 6) is -1.64. The van der Waals surface area contributed by atoms with Crippen molar-refractivity contribution in [2.45, 2.75) is 51.5 Å². The van der Waals surface area contributed by atoms with Crippen LogP contribution >= 0.6 is 0 Å². The van der Waals surface area contributed by atoms with Crippen LogP contribution in [0.1, 0.15) is 45.4 Å². The summed E-state index contributed by atoms with van der Waals surface area (Å²) in [5, 5.41) is 8.91. The third kappa shape index (κ3) is 4.74. The third-order valence-electron chi connectivity index (χ3n) is 3.82. The topological polar surface area (TPSA) is 86.7 Å². The molecule has 1 unspecified atom stereocenters. The van der Waals surface area contributed by atoms with Gasteiger partial charge < -0.3 is 5.11 Å². The van der Waals surface area contributed by atoms with Gasteiger partial charge in [0, 0.05) is 19.6 Å².